The van der Waals surface area contributed by atoms with Gasteiger partial charge in [0.15, 0.2) is 11.0 Å². The summed E-state index contributed by atoms with van der Waals surface area (Å²) in [4.78, 5) is 25.2. The van der Waals surface area contributed by atoms with E-state index in [4.69, 9.17) is 4.74 Å². The summed E-state index contributed by atoms with van der Waals surface area (Å²) in [5, 5.41) is 23.5. The number of rotatable bonds is 12. The van der Waals surface area contributed by atoms with Gasteiger partial charge in [0.25, 0.3) is 5.69 Å². The van der Waals surface area contributed by atoms with Gasteiger partial charge in [0.1, 0.15) is 0 Å². The van der Waals surface area contributed by atoms with Gasteiger partial charge in [-0.25, -0.2) is 0 Å². The standard InChI is InChI=1S/C25H30N6O4S/c32-23(26-13-5-14-29-15-17-35-18-16-29)8-4-19-36-25-28-27-24(30(25)21-6-2-1-3-7-21)20-9-11-22(12-10-20)31(33)34/h1-3,6-7,9-12H,4-5,8,13-19H2,(H,26,32). The summed E-state index contributed by atoms with van der Waals surface area (Å²) < 4.78 is 7.30. The maximum absolute atomic E-state index is 12.2. The predicted molar refractivity (Wildman–Crippen MR) is 138 cm³/mol. The van der Waals surface area contributed by atoms with E-state index in [9.17, 15) is 14.9 Å². The van der Waals surface area contributed by atoms with Gasteiger partial charge in [0, 0.05) is 55.2 Å². The van der Waals surface area contributed by atoms with E-state index in [-0.39, 0.29) is 11.6 Å². The molecule has 1 amide bonds. The molecule has 0 saturated carbocycles. The quantitative estimate of drug-likeness (QED) is 0.170. The summed E-state index contributed by atoms with van der Waals surface area (Å²) in [7, 11) is 0. The molecule has 1 fully saturated rings. The Morgan fingerprint density at radius 3 is 2.53 bits per heavy atom. The number of hydrogen-bond acceptors (Lipinski definition) is 8. The normalized spacial score (nSPS) is 14.0. The number of para-hydroxylation sites is 1. The minimum atomic E-state index is -0.423. The van der Waals surface area contributed by atoms with Crippen LogP contribution < -0.4 is 5.32 Å². The number of nitro groups is 1. The molecule has 0 atom stereocenters. The molecule has 36 heavy (non-hydrogen) atoms. The number of hydrogen-bond donors (Lipinski definition) is 1. The van der Waals surface area contributed by atoms with E-state index in [1.54, 1.807) is 12.1 Å². The zero-order valence-electron chi connectivity index (χ0n) is 20.0. The first-order chi connectivity index (χ1) is 17.6. The van der Waals surface area contributed by atoms with Gasteiger partial charge in [-0.3, -0.25) is 24.4 Å². The van der Waals surface area contributed by atoms with Crippen molar-refractivity contribution >= 4 is 23.4 Å². The fraction of sp³-hybridized carbons (Fsp3) is 0.400. The minimum absolute atomic E-state index is 0.0264. The maximum Gasteiger partial charge on any atom is 0.269 e. The lowest BCUT2D eigenvalue weighted by Gasteiger charge is -2.26. The van der Waals surface area contributed by atoms with Crippen LogP contribution in [0.1, 0.15) is 19.3 Å². The monoisotopic (exact) mass is 510 g/mol. The number of carbonyl (C=O) groups excluding carboxylic acids is 1. The average Bonchev–Trinajstić information content (AvgIpc) is 3.34. The van der Waals surface area contributed by atoms with Crippen LogP contribution in [0.25, 0.3) is 17.1 Å². The molecule has 0 radical (unpaired) electrons. The Hall–Kier alpha value is -3.28. The van der Waals surface area contributed by atoms with Crippen molar-refractivity contribution in [3.8, 4) is 17.1 Å². The summed E-state index contributed by atoms with van der Waals surface area (Å²) in [6.45, 7) is 5.17. The van der Waals surface area contributed by atoms with Gasteiger partial charge in [-0.1, -0.05) is 30.0 Å². The number of amides is 1. The summed E-state index contributed by atoms with van der Waals surface area (Å²) in [6, 6.07) is 16.0. The molecule has 10 nitrogen and oxygen atoms in total. The van der Waals surface area contributed by atoms with Gasteiger partial charge >= 0.3 is 0 Å². The highest BCUT2D eigenvalue weighted by atomic mass is 32.2. The van der Waals surface area contributed by atoms with Crippen molar-refractivity contribution < 1.29 is 14.5 Å². The van der Waals surface area contributed by atoms with Crippen LogP contribution in [0.2, 0.25) is 0 Å². The van der Waals surface area contributed by atoms with Crippen molar-refractivity contribution in [1.82, 2.24) is 25.0 Å². The Morgan fingerprint density at radius 1 is 1.06 bits per heavy atom. The molecule has 1 aliphatic heterocycles. The van der Waals surface area contributed by atoms with Crippen molar-refractivity contribution in [1.29, 1.82) is 0 Å². The van der Waals surface area contributed by atoms with E-state index in [1.165, 1.54) is 23.9 Å². The summed E-state index contributed by atoms with van der Waals surface area (Å²) in [5.74, 6) is 1.39. The number of nitrogens with one attached hydrogen (secondary N) is 1. The zero-order chi connectivity index (χ0) is 25.2. The predicted octanol–water partition coefficient (Wildman–Crippen LogP) is 3.55. The minimum Gasteiger partial charge on any atom is -0.379 e. The number of morpholine rings is 1. The Bertz CT molecular complexity index is 1130. The molecule has 0 aliphatic carbocycles. The lowest BCUT2D eigenvalue weighted by molar-refractivity contribution is -0.384. The van der Waals surface area contributed by atoms with Gasteiger partial charge in [-0.2, -0.15) is 0 Å². The van der Waals surface area contributed by atoms with Crippen LogP contribution >= 0.6 is 11.8 Å². The van der Waals surface area contributed by atoms with Crippen LogP contribution in [-0.4, -0.2) is 75.6 Å². The molecule has 2 aromatic carbocycles. The lowest BCUT2D eigenvalue weighted by atomic mass is 10.2. The average molecular weight is 511 g/mol. The van der Waals surface area contributed by atoms with E-state index in [0.717, 1.165) is 50.5 Å². The van der Waals surface area contributed by atoms with Crippen LogP contribution in [0, 0.1) is 10.1 Å². The van der Waals surface area contributed by atoms with Crippen LogP contribution in [-0.2, 0) is 9.53 Å². The smallest absolute Gasteiger partial charge is 0.269 e. The van der Waals surface area contributed by atoms with E-state index in [1.807, 2.05) is 34.9 Å². The number of thioether (sulfide) groups is 1. The lowest BCUT2D eigenvalue weighted by Crippen LogP contribution is -2.38. The van der Waals surface area contributed by atoms with E-state index >= 15 is 0 Å². The van der Waals surface area contributed by atoms with Gasteiger partial charge in [0.2, 0.25) is 5.91 Å². The molecule has 0 spiro atoms. The van der Waals surface area contributed by atoms with Crippen LogP contribution in [0.4, 0.5) is 5.69 Å². The second-order valence-electron chi connectivity index (χ2n) is 8.39. The summed E-state index contributed by atoms with van der Waals surface area (Å²) in [6.07, 6.45) is 2.11. The second-order valence-corrected chi connectivity index (χ2v) is 9.45. The van der Waals surface area contributed by atoms with Crippen molar-refractivity contribution in [2.45, 2.75) is 24.4 Å². The number of nitro benzene ring substituents is 1. The number of aromatic nitrogens is 3. The molecule has 3 aromatic rings. The van der Waals surface area contributed by atoms with Crippen LogP contribution in [0.3, 0.4) is 0 Å². The van der Waals surface area contributed by atoms with Crippen LogP contribution in [0.15, 0.2) is 59.8 Å². The zero-order valence-corrected chi connectivity index (χ0v) is 20.9. The van der Waals surface area contributed by atoms with E-state index < -0.39 is 4.92 Å². The largest absolute Gasteiger partial charge is 0.379 e. The SMILES string of the molecule is O=C(CCCSc1nnc(-c2ccc([N+](=O)[O-])cc2)n1-c1ccccc1)NCCCN1CCOCC1. The van der Waals surface area contributed by atoms with Crippen molar-refractivity contribution in [3.05, 3.63) is 64.7 Å². The number of non-ortho nitro benzene ring substituents is 1. The molecule has 0 unspecified atom stereocenters. The van der Waals surface area contributed by atoms with Crippen molar-refractivity contribution in [2.24, 2.45) is 0 Å². The van der Waals surface area contributed by atoms with Gasteiger partial charge in [0.05, 0.1) is 18.1 Å². The highest BCUT2D eigenvalue weighted by Crippen LogP contribution is 2.29. The fourth-order valence-electron chi connectivity index (χ4n) is 3.93. The number of nitrogens with zero attached hydrogens (tertiary/aromatic N) is 5. The third-order valence-corrected chi connectivity index (χ3v) is 6.86. The topological polar surface area (TPSA) is 115 Å². The third kappa shape index (κ3) is 7.12. The summed E-state index contributed by atoms with van der Waals surface area (Å²) in [5.41, 5.74) is 1.66. The number of carbonyl (C=O) groups is 1. The van der Waals surface area contributed by atoms with E-state index in [0.29, 0.717) is 36.1 Å². The highest BCUT2D eigenvalue weighted by Gasteiger charge is 2.17. The first-order valence-electron chi connectivity index (χ1n) is 12.1. The highest BCUT2D eigenvalue weighted by molar-refractivity contribution is 7.99. The molecule has 1 aromatic heterocycles. The molecule has 4 rings (SSSR count). The van der Waals surface area contributed by atoms with Crippen LogP contribution in [0.5, 0.6) is 0 Å². The first-order valence-corrected chi connectivity index (χ1v) is 13.1. The second kappa shape index (κ2) is 13.1. The maximum atomic E-state index is 12.2. The number of ether oxygens (including phenoxy) is 1. The molecule has 1 aliphatic rings. The van der Waals surface area contributed by atoms with Gasteiger partial charge < -0.3 is 10.1 Å². The van der Waals surface area contributed by atoms with Crippen molar-refractivity contribution in [3.63, 3.8) is 0 Å². The molecule has 11 heteroatoms. The third-order valence-electron chi connectivity index (χ3n) is 5.84. The molecule has 2 heterocycles. The first kappa shape index (κ1) is 25.8. The molecular weight excluding hydrogens is 480 g/mol. The van der Waals surface area contributed by atoms with Gasteiger partial charge in [-0.15, -0.1) is 10.2 Å². The molecule has 0 bridgehead atoms. The Balaban J connectivity index is 1.30. The fourth-order valence-corrected chi connectivity index (χ4v) is 4.82. The van der Waals surface area contributed by atoms with Gasteiger partial charge in [-0.05, 0) is 43.7 Å². The van der Waals surface area contributed by atoms with E-state index in [2.05, 4.69) is 20.4 Å². The number of benzene rings is 2. The Labute approximate surface area is 214 Å². The Kier molecular flexibility index (Phi) is 9.42. The van der Waals surface area contributed by atoms with Crippen molar-refractivity contribution in [2.75, 3.05) is 45.1 Å². The Morgan fingerprint density at radius 2 is 1.81 bits per heavy atom. The molecule has 1 N–H and O–H groups in total. The molecule has 190 valence electrons. The molecular formula is C25H30N6O4S. The molecule has 1 saturated heterocycles. The summed E-state index contributed by atoms with van der Waals surface area (Å²) >= 11 is 1.54.